The molecule has 0 aliphatic carbocycles. The minimum Gasteiger partial charge on any atom is -0.378 e. The topological polar surface area (TPSA) is 81.4 Å². The van der Waals surface area contributed by atoms with Gasteiger partial charge in [-0.05, 0) is 38.1 Å². The van der Waals surface area contributed by atoms with Crippen LogP contribution in [-0.4, -0.2) is 64.5 Å². The number of aromatic nitrogens is 3. The third-order valence-electron chi connectivity index (χ3n) is 5.23. The monoisotopic (exact) mass is 371 g/mol. The molecule has 0 spiro atoms. The van der Waals surface area contributed by atoms with E-state index in [1.54, 1.807) is 9.47 Å². The molecule has 3 heterocycles. The van der Waals surface area contributed by atoms with Crippen LogP contribution >= 0.6 is 0 Å². The van der Waals surface area contributed by atoms with Gasteiger partial charge in [-0.3, -0.25) is 4.79 Å². The van der Waals surface area contributed by atoms with Crippen LogP contribution in [0.2, 0.25) is 0 Å². The molecule has 144 valence electrons. The first-order valence-corrected chi connectivity index (χ1v) is 9.55. The molecule has 2 aromatic rings. The molecule has 2 aliphatic rings. The van der Waals surface area contributed by atoms with E-state index in [2.05, 4.69) is 10.4 Å². The second-order valence-electron chi connectivity index (χ2n) is 6.99. The van der Waals surface area contributed by atoms with Crippen LogP contribution in [0.1, 0.15) is 24.6 Å². The number of carbonyl (C=O) groups excluding carboxylic acids is 1. The highest BCUT2D eigenvalue weighted by atomic mass is 16.5. The highest BCUT2D eigenvalue weighted by molar-refractivity contribution is 5.76. The van der Waals surface area contributed by atoms with Gasteiger partial charge < -0.3 is 15.0 Å². The number of hydrogen-bond acceptors (Lipinski definition) is 5. The lowest BCUT2D eigenvalue weighted by Crippen LogP contribution is -2.43. The highest BCUT2D eigenvalue weighted by Gasteiger charge is 2.26. The molecule has 4 rings (SSSR count). The van der Waals surface area contributed by atoms with Crippen molar-refractivity contribution in [1.82, 2.24) is 24.6 Å². The van der Waals surface area contributed by atoms with Crippen molar-refractivity contribution < 1.29 is 9.53 Å². The number of para-hydroxylation sites is 1. The fourth-order valence-corrected chi connectivity index (χ4v) is 3.73. The quantitative estimate of drug-likeness (QED) is 0.839. The first-order chi connectivity index (χ1) is 13.2. The number of nitrogens with zero attached hydrogens (tertiary/aromatic N) is 4. The summed E-state index contributed by atoms with van der Waals surface area (Å²) in [5.41, 5.74) is 0.539. The highest BCUT2D eigenvalue weighted by Crippen LogP contribution is 2.24. The Labute approximate surface area is 157 Å². The van der Waals surface area contributed by atoms with Crippen molar-refractivity contribution in [2.45, 2.75) is 25.3 Å². The fraction of sp³-hybridized carbons (Fsp3) is 0.526. The molecule has 0 atom stereocenters. The summed E-state index contributed by atoms with van der Waals surface area (Å²) >= 11 is 0. The number of carbonyl (C=O) groups is 1. The molecule has 8 nitrogen and oxygen atoms in total. The lowest BCUT2D eigenvalue weighted by Gasteiger charge is -2.26. The Morgan fingerprint density at radius 1 is 1.15 bits per heavy atom. The number of rotatable bonds is 4. The largest absolute Gasteiger partial charge is 0.378 e. The van der Waals surface area contributed by atoms with Crippen molar-refractivity contribution in [3.05, 3.63) is 46.6 Å². The maximum atomic E-state index is 13.1. The summed E-state index contributed by atoms with van der Waals surface area (Å²) in [5.74, 6) is 0.872. The summed E-state index contributed by atoms with van der Waals surface area (Å²) in [7, 11) is 0. The Morgan fingerprint density at radius 2 is 1.85 bits per heavy atom. The predicted octanol–water partition coefficient (Wildman–Crippen LogP) is 0.360. The first-order valence-electron chi connectivity index (χ1n) is 9.55. The molecule has 1 N–H and O–H groups in total. The summed E-state index contributed by atoms with van der Waals surface area (Å²) in [6.45, 7) is 4.00. The molecule has 0 radical (unpaired) electrons. The Balaban J connectivity index is 1.67. The molecule has 0 bridgehead atoms. The van der Waals surface area contributed by atoms with E-state index in [1.807, 2.05) is 30.3 Å². The second-order valence-corrected chi connectivity index (χ2v) is 6.99. The predicted molar refractivity (Wildman–Crippen MR) is 100 cm³/mol. The molecule has 2 saturated heterocycles. The van der Waals surface area contributed by atoms with Crippen molar-refractivity contribution in [3.63, 3.8) is 0 Å². The van der Waals surface area contributed by atoms with Gasteiger partial charge in [0.2, 0.25) is 5.91 Å². The van der Waals surface area contributed by atoms with Gasteiger partial charge >= 0.3 is 5.69 Å². The van der Waals surface area contributed by atoms with Gasteiger partial charge in [-0.1, -0.05) is 18.2 Å². The number of benzene rings is 1. The van der Waals surface area contributed by atoms with Gasteiger partial charge in [0.1, 0.15) is 12.4 Å². The summed E-state index contributed by atoms with van der Waals surface area (Å²) in [4.78, 5) is 27.4. The van der Waals surface area contributed by atoms with E-state index in [0.717, 1.165) is 37.4 Å². The van der Waals surface area contributed by atoms with Gasteiger partial charge in [0.15, 0.2) is 0 Å². The molecule has 0 unspecified atom stereocenters. The molecule has 27 heavy (non-hydrogen) atoms. The van der Waals surface area contributed by atoms with Gasteiger partial charge in [0.05, 0.1) is 18.9 Å². The minimum atomic E-state index is -0.253. The fourth-order valence-electron chi connectivity index (χ4n) is 3.73. The van der Waals surface area contributed by atoms with Gasteiger partial charge in [-0.2, -0.15) is 5.10 Å². The van der Waals surface area contributed by atoms with Crippen molar-refractivity contribution in [2.24, 2.45) is 0 Å². The maximum Gasteiger partial charge on any atom is 0.351 e. The van der Waals surface area contributed by atoms with E-state index in [1.165, 1.54) is 4.68 Å². The second kappa shape index (κ2) is 8.06. The van der Waals surface area contributed by atoms with Crippen LogP contribution < -0.4 is 11.0 Å². The summed E-state index contributed by atoms with van der Waals surface area (Å²) < 4.78 is 8.29. The normalized spacial score (nSPS) is 18.6. The third kappa shape index (κ3) is 3.81. The zero-order valence-electron chi connectivity index (χ0n) is 15.3. The summed E-state index contributed by atoms with van der Waals surface area (Å²) in [6.07, 6.45) is 1.86. The Bertz CT molecular complexity index is 833. The van der Waals surface area contributed by atoms with Crippen molar-refractivity contribution in [2.75, 3.05) is 39.4 Å². The summed E-state index contributed by atoms with van der Waals surface area (Å²) in [6, 6.07) is 9.54. The van der Waals surface area contributed by atoms with Crippen LogP contribution in [0.3, 0.4) is 0 Å². The lowest BCUT2D eigenvalue weighted by molar-refractivity contribution is -0.136. The molecular weight excluding hydrogens is 346 g/mol. The standard InChI is InChI=1S/C19H25N5O3/c25-17(22-10-12-27-13-11-22)14-23-19(26)24(16-4-2-1-3-5-16)18(21-23)15-6-8-20-9-7-15/h1-5,15,20H,6-14H2. The van der Waals surface area contributed by atoms with Crippen LogP contribution in [-0.2, 0) is 16.1 Å². The SMILES string of the molecule is O=C(Cn1nc(C2CCNCC2)n(-c2ccccc2)c1=O)N1CCOCC1. The number of amides is 1. The Morgan fingerprint density at radius 3 is 2.56 bits per heavy atom. The Kier molecular flexibility index (Phi) is 5.35. The van der Waals surface area contributed by atoms with E-state index in [-0.39, 0.29) is 24.1 Å². The minimum absolute atomic E-state index is 0.0311. The molecule has 8 heteroatoms. The lowest BCUT2D eigenvalue weighted by atomic mass is 9.97. The van der Waals surface area contributed by atoms with Crippen LogP contribution in [0, 0.1) is 0 Å². The first kappa shape index (κ1) is 17.9. The van der Waals surface area contributed by atoms with Crippen molar-refractivity contribution in [1.29, 1.82) is 0 Å². The third-order valence-corrected chi connectivity index (χ3v) is 5.23. The maximum absolute atomic E-state index is 13.1. The van der Waals surface area contributed by atoms with Crippen LogP contribution in [0.15, 0.2) is 35.1 Å². The number of ether oxygens (including phenoxy) is 1. The van der Waals surface area contributed by atoms with Gasteiger partial charge in [-0.15, -0.1) is 0 Å². The average molecular weight is 371 g/mol. The van der Waals surface area contributed by atoms with E-state index in [9.17, 15) is 9.59 Å². The summed E-state index contributed by atoms with van der Waals surface area (Å²) in [5, 5.41) is 7.95. The van der Waals surface area contributed by atoms with Crippen LogP contribution in [0.4, 0.5) is 0 Å². The zero-order chi connectivity index (χ0) is 18.6. The van der Waals surface area contributed by atoms with E-state index in [4.69, 9.17) is 4.74 Å². The van der Waals surface area contributed by atoms with Gasteiger partial charge in [0.25, 0.3) is 0 Å². The molecule has 2 fully saturated rings. The molecule has 2 aliphatic heterocycles. The number of hydrogen-bond donors (Lipinski definition) is 1. The molecular formula is C19H25N5O3. The van der Waals surface area contributed by atoms with Gasteiger partial charge in [-0.25, -0.2) is 14.0 Å². The average Bonchev–Trinajstić information content (AvgIpc) is 3.06. The molecule has 1 amide bonds. The smallest absolute Gasteiger partial charge is 0.351 e. The van der Waals surface area contributed by atoms with Crippen molar-refractivity contribution >= 4 is 5.91 Å². The van der Waals surface area contributed by atoms with Crippen molar-refractivity contribution in [3.8, 4) is 5.69 Å². The molecule has 1 aromatic heterocycles. The van der Waals surface area contributed by atoms with Gasteiger partial charge in [0, 0.05) is 19.0 Å². The Hall–Kier alpha value is -2.45. The molecule has 1 aromatic carbocycles. The van der Waals surface area contributed by atoms with E-state index in [0.29, 0.717) is 26.3 Å². The molecule has 0 saturated carbocycles. The van der Waals surface area contributed by atoms with Crippen LogP contribution in [0.25, 0.3) is 5.69 Å². The number of nitrogens with one attached hydrogen (secondary N) is 1. The number of piperidine rings is 1. The zero-order valence-corrected chi connectivity index (χ0v) is 15.3. The van der Waals surface area contributed by atoms with Crippen LogP contribution in [0.5, 0.6) is 0 Å². The van der Waals surface area contributed by atoms with E-state index >= 15 is 0 Å². The number of morpholine rings is 1. The van der Waals surface area contributed by atoms with E-state index < -0.39 is 0 Å².